The van der Waals surface area contributed by atoms with Crippen LogP contribution < -0.4 is 5.73 Å². The first-order valence-electron chi connectivity index (χ1n) is 13.7. The second kappa shape index (κ2) is 13.6. The number of ether oxygens (including phenoxy) is 2. The Bertz CT molecular complexity index is 1270. The lowest BCUT2D eigenvalue weighted by atomic mass is 9.78. The summed E-state index contributed by atoms with van der Waals surface area (Å²) in [5.74, 6) is -0.0951. The smallest absolute Gasteiger partial charge is 0.254 e. The molecule has 1 amide bonds. The van der Waals surface area contributed by atoms with Crippen molar-refractivity contribution in [2.45, 2.75) is 50.9 Å². The van der Waals surface area contributed by atoms with Gasteiger partial charge in [0, 0.05) is 43.0 Å². The van der Waals surface area contributed by atoms with Gasteiger partial charge >= 0.3 is 0 Å². The predicted molar refractivity (Wildman–Crippen MR) is 156 cm³/mol. The van der Waals surface area contributed by atoms with E-state index in [0.29, 0.717) is 48.9 Å². The van der Waals surface area contributed by atoms with Crippen molar-refractivity contribution in [1.82, 2.24) is 4.90 Å². The number of nitrogens with two attached hydrogens (primary N) is 1. The molecular weight excluding hydrogens is 512 g/mol. The molecule has 39 heavy (non-hydrogen) atoms. The lowest BCUT2D eigenvalue weighted by molar-refractivity contribution is -0.146. The second-order valence-corrected chi connectivity index (χ2v) is 10.5. The van der Waals surface area contributed by atoms with Crippen LogP contribution in [0.25, 0.3) is 11.1 Å². The highest BCUT2D eigenvalue weighted by molar-refractivity contribution is 6.33. The lowest BCUT2D eigenvalue weighted by Crippen LogP contribution is -2.54. The highest BCUT2D eigenvalue weighted by Gasteiger charge is 2.44. The Labute approximate surface area is 236 Å². The molecule has 208 valence electrons. The summed E-state index contributed by atoms with van der Waals surface area (Å²) in [6.45, 7) is 4.11. The van der Waals surface area contributed by atoms with E-state index >= 15 is 0 Å². The molecule has 0 aliphatic carbocycles. The first kappa shape index (κ1) is 29.2. The van der Waals surface area contributed by atoms with Gasteiger partial charge in [-0.1, -0.05) is 67.1 Å². The Morgan fingerprint density at radius 3 is 2.67 bits per heavy atom. The largest absolute Gasteiger partial charge is 0.385 e. The van der Waals surface area contributed by atoms with E-state index in [1.54, 1.807) is 18.1 Å². The Hall–Kier alpha value is -2.74. The van der Waals surface area contributed by atoms with Crippen molar-refractivity contribution in [2.24, 2.45) is 5.73 Å². The number of aryl methyl sites for hydroxylation is 1. The number of rotatable bonds is 11. The highest BCUT2D eigenvalue weighted by Crippen LogP contribution is 2.43. The van der Waals surface area contributed by atoms with Gasteiger partial charge in [-0.3, -0.25) is 4.79 Å². The number of nitrogens with zero attached hydrogens (tertiary/aromatic N) is 1. The quantitative estimate of drug-likeness (QED) is 0.305. The Kier molecular flexibility index (Phi) is 10.2. The normalized spacial score (nSPS) is 17.2. The van der Waals surface area contributed by atoms with E-state index in [1.165, 1.54) is 5.56 Å². The van der Waals surface area contributed by atoms with Gasteiger partial charge < -0.3 is 25.2 Å². The van der Waals surface area contributed by atoms with Crippen LogP contribution in [-0.2, 0) is 28.0 Å². The fourth-order valence-electron chi connectivity index (χ4n) is 5.37. The van der Waals surface area contributed by atoms with E-state index in [0.717, 1.165) is 36.0 Å². The number of carbonyl (C=O) groups excluding carboxylic acids is 1. The van der Waals surface area contributed by atoms with Gasteiger partial charge in [-0.15, -0.1) is 0 Å². The Morgan fingerprint density at radius 1 is 1.13 bits per heavy atom. The highest BCUT2D eigenvalue weighted by atomic mass is 35.5. The summed E-state index contributed by atoms with van der Waals surface area (Å²) in [6, 6.07) is 21.3. The van der Waals surface area contributed by atoms with Gasteiger partial charge in [-0.25, -0.2) is 0 Å². The van der Waals surface area contributed by atoms with Crippen molar-refractivity contribution >= 4 is 17.5 Å². The zero-order valence-corrected chi connectivity index (χ0v) is 23.6. The number of carbonyl (C=O) groups is 1. The molecule has 0 aromatic heterocycles. The summed E-state index contributed by atoms with van der Waals surface area (Å²) < 4.78 is 11.5. The third-order valence-corrected chi connectivity index (χ3v) is 7.87. The zero-order chi connectivity index (χ0) is 27.8. The zero-order valence-electron chi connectivity index (χ0n) is 22.9. The fraction of sp³-hybridized carbons (Fsp3) is 0.406. The molecule has 3 N–H and O–H groups in total. The maximum Gasteiger partial charge on any atom is 0.254 e. The molecule has 1 fully saturated rings. The fourth-order valence-corrected chi connectivity index (χ4v) is 5.66. The number of hydrogen-bond donors (Lipinski definition) is 2. The number of methoxy groups -OCH3 is 1. The number of morpholine rings is 1. The number of aliphatic hydroxyl groups is 1. The average Bonchev–Trinajstić information content (AvgIpc) is 2.98. The van der Waals surface area contributed by atoms with Gasteiger partial charge in [0.1, 0.15) is 11.7 Å². The van der Waals surface area contributed by atoms with Crippen molar-refractivity contribution in [3.05, 3.63) is 94.0 Å². The minimum absolute atomic E-state index is 0.0951. The SMILES string of the molecule is CCc1cccc(-c2c(Cl)cccc2[C@@](O)(CCCCOC)[C@H]2CN(C(=O)c3cccc(CN)c3)CCO2)c1. The molecule has 0 unspecified atom stereocenters. The van der Waals surface area contributed by atoms with Crippen LogP contribution in [0.3, 0.4) is 0 Å². The summed E-state index contributed by atoms with van der Waals surface area (Å²) in [4.78, 5) is 15.3. The van der Waals surface area contributed by atoms with E-state index in [1.807, 2.05) is 48.5 Å². The number of hydrogen-bond acceptors (Lipinski definition) is 5. The predicted octanol–water partition coefficient (Wildman–Crippen LogP) is 5.57. The Balaban J connectivity index is 1.72. The summed E-state index contributed by atoms with van der Waals surface area (Å²) in [5.41, 5.74) is 9.56. The molecule has 1 saturated heterocycles. The molecule has 3 aromatic rings. The number of benzene rings is 3. The first-order valence-corrected chi connectivity index (χ1v) is 14.1. The molecule has 4 rings (SSSR count). The molecule has 2 atom stereocenters. The molecule has 0 spiro atoms. The third-order valence-electron chi connectivity index (χ3n) is 7.56. The molecule has 7 heteroatoms. The van der Waals surface area contributed by atoms with Crippen molar-refractivity contribution in [3.8, 4) is 11.1 Å². The molecule has 3 aromatic carbocycles. The number of halogens is 1. The van der Waals surface area contributed by atoms with Crippen molar-refractivity contribution < 1.29 is 19.4 Å². The van der Waals surface area contributed by atoms with Crippen LogP contribution in [0.15, 0.2) is 66.7 Å². The summed E-state index contributed by atoms with van der Waals surface area (Å²) >= 11 is 6.83. The van der Waals surface area contributed by atoms with Gasteiger partial charge in [0.25, 0.3) is 5.91 Å². The molecule has 0 radical (unpaired) electrons. The number of unbranched alkanes of at least 4 members (excludes halogenated alkanes) is 1. The van der Waals surface area contributed by atoms with E-state index < -0.39 is 11.7 Å². The molecule has 1 heterocycles. The minimum Gasteiger partial charge on any atom is -0.385 e. The maximum atomic E-state index is 13.5. The monoisotopic (exact) mass is 550 g/mol. The standard InChI is InChI=1S/C32H39ClN2O4/c1-3-23-9-6-11-25(19-23)30-27(13-8-14-28(30)33)32(37,15-4-5-17-38-2)29-22-35(16-18-39-29)31(36)26-12-7-10-24(20-26)21-34/h6-14,19-20,29,37H,3-5,15-18,21-22,34H2,1-2H3/t29-,32+/m1/s1. The van der Waals surface area contributed by atoms with Crippen LogP contribution in [0.4, 0.5) is 0 Å². The van der Waals surface area contributed by atoms with Gasteiger partial charge in [0.15, 0.2) is 0 Å². The summed E-state index contributed by atoms with van der Waals surface area (Å²) in [7, 11) is 1.68. The first-order chi connectivity index (χ1) is 18.9. The molecule has 1 aliphatic heterocycles. The van der Waals surface area contributed by atoms with Crippen molar-refractivity contribution in [3.63, 3.8) is 0 Å². The van der Waals surface area contributed by atoms with Gasteiger partial charge in [-0.05, 0) is 66.1 Å². The molecule has 0 saturated carbocycles. The third kappa shape index (κ3) is 6.71. The van der Waals surface area contributed by atoms with Crippen molar-refractivity contribution in [2.75, 3.05) is 33.4 Å². The van der Waals surface area contributed by atoms with Crippen LogP contribution in [0, 0.1) is 0 Å². The van der Waals surface area contributed by atoms with Gasteiger partial charge in [0.05, 0.1) is 13.2 Å². The minimum atomic E-state index is -1.38. The van der Waals surface area contributed by atoms with E-state index in [9.17, 15) is 9.90 Å². The Morgan fingerprint density at radius 2 is 1.90 bits per heavy atom. The van der Waals surface area contributed by atoms with Crippen LogP contribution in [0.1, 0.15) is 53.2 Å². The van der Waals surface area contributed by atoms with Gasteiger partial charge in [0.2, 0.25) is 0 Å². The average molecular weight is 551 g/mol. The molecule has 1 aliphatic rings. The van der Waals surface area contributed by atoms with Crippen LogP contribution >= 0.6 is 11.6 Å². The molecular formula is C32H39ClN2O4. The van der Waals surface area contributed by atoms with Gasteiger partial charge in [-0.2, -0.15) is 0 Å². The van der Waals surface area contributed by atoms with Crippen LogP contribution in [-0.4, -0.2) is 55.4 Å². The number of amides is 1. The second-order valence-electron chi connectivity index (χ2n) is 10.1. The summed E-state index contributed by atoms with van der Waals surface area (Å²) in [5, 5.41) is 13.1. The molecule has 0 bridgehead atoms. The lowest BCUT2D eigenvalue weighted by Gasteiger charge is -2.43. The van der Waals surface area contributed by atoms with Crippen LogP contribution in [0.5, 0.6) is 0 Å². The van der Waals surface area contributed by atoms with E-state index in [-0.39, 0.29) is 12.5 Å². The van der Waals surface area contributed by atoms with Crippen LogP contribution in [0.2, 0.25) is 5.02 Å². The van der Waals surface area contributed by atoms with E-state index in [4.69, 9.17) is 26.8 Å². The topological polar surface area (TPSA) is 85.0 Å². The van der Waals surface area contributed by atoms with Crippen molar-refractivity contribution in [1.29, 1.82) is 0 Å². The van der Waals surface area contributed by atoms with E-state index in [2.05, 4.69) is 19.1 Å². The maximum absolute atomic E-state index is 13.5. The summed E-state index contributed by atoms with van der Waals surface area (Å²) in [6.07, 6.45) is 2.20. The molecule has 6 nitrogen and oxygen atoms in total.